The quantitative estimate of drug-likeness (QED) is 0.731. The van der Waals surface area contributed by atoms with Crippen molar-refractivity contribution in [3.63, 3.8) is 0 Å². The maximum absolute atomic E-state index is 12.7. The van der Waals surface area contributed by atoms with Gasteiger partial charge < -0.3 is 0 Å². The number of hydrogen-bond donors (Lipinski definition) is 0. The van der Waals surface area contributed by atoms with E-state index in [-0.39, 0.29) is 23.6 Å². The Balaban J connectivity index is 2.95. The molecule has 0 spiro atoms. The van der Waals surface area contributed by atoms with E-state index >= 15 is 0 Å². The van der Waals surface area contributed by atoms with Gasteiger partial charge in [0, 0.05) is 5.56 Å². The van der Waals surface area contributed by atoms with E-state index in [0.29, 0.717) is 5.56 Å². The third kappa shape index (κ3) is 2.89. The summed E-state index contributed by atoms with van der Waals surface area (Å²) < 4.78 is 12.7. The number of benzene rings is 1. The number of ketones is 1. The van der Waals surface area contributed by atoms with Gasteiger partial charge in [-0.15, -0.1) is 0 Å². The second-order valence-electron chi connectivity index (χ2n) is 4.52. The van der Waals surface area contributed by atoms with Crippen LogP contribution in [0.2, 0.25) is 0 Å². The van der Waals surface area contributed by atoms with Gasteiger partial charge in [-0.05, 0) is 44.3 Å². The lowest BCUT2D eigenvalue weighted by Gasteiger charge is -2.26. The van der Waals surface area contributed by atoms with Crippen LogP contribution >= 0.6 is 0 Å². The Morgan fingerprint density at radius 2 is 1.69 bits per heavy atom. The molecule has 0 N–H and O–H groups in total. The molecule has 16 heavy (non-hydrogen) atoms. The minimum atomic E-state index is -0.317. The van der Waals surface area contributed by atoms with E-state index in [0.717, 1.165) is 0 Å². The Hall–Kier alpha value is -1.22. The molecule has 0 fully saturated rings. The molecule has 1 atom stereocenters. The first-order valence-corrected chi connectivity index (χ1v) is 5.39. The molecule has 0 heterocycles. The summed E-state index contributed by atoms with van der Waals surface area (Å²) in [4.78, 5) is 14.1. The Kier molecular flexibility index (Phi) is 4.19. The molecule has 0 aromatic heterocycles. The van der Waals surface area contributed by atoms with Crippen LogP contribution in [0.1, 0.15) is 24.2 Å². The number of likely N-dealkylation sites (N-methyl/N-ethyl adjacent to an activating group) is 1. The number of rotatable bonds is 4. The van der Waals surface area contributed by atoms with Crippen LogP contribution in [-0.2, 0) is 0 Å². The van der Waals surface area contributed by atoms with E-state index < -0.39 is 0 Å². The topological polar surface area (TPSA) is 20.3 Å². The van der Waals surface area contributed by atoms with Crippen LogP contribution in [0.15, 0.2) is 24.3 Å². The van der Waals surface area contributed by atoms with Crippen molar-refractivity contribution in [2.45, 2.75) is 19.9 Å². The SMILES string of the molecule is CC(C)C(C(=O)c1ccc(F)cc1)N(C)C. The van der Waals surface area contributed by atoms with Crippen LogP contribution in [0, 0.1) is 11.7 Å². The highest BCUT2D eigenvalue weighted by Crippen LogP contribution is 2.15. The number of carbonyl (C=O) groups excluding carboxylic acids is 1. The van der Waals surface area contributed by atoms with E-state index in [1.807, 2.05) is 32.8 Å². The normalized spacial score (nSPS) is 13.2. The average Bonchev–Trinajstić information content (AvgIpc) is 2.17. The second-order valence-corrected chi connectivity index (χ2v) is 4.52. The molecule has 0 aliphatic heterocycles. The van der Waals surface area contributed by atoms with Crippen molar-refractivity contribution < 1.29 is 9.18 Å². The van der Waals surface area contributed by atoms with Crippen LogP contribution in [0.5, 0.6) is 0 Å². The molecular formula is C13H18FNO. The largest absolute Gasteiger partial charge is 0.299 e. The van der Waals surface area contributed by atoms with Crippen LogP contribution in [0.25, 0.3) is 0 Å². The minimum Gasteiger partial charge on any atom is -0.299 e. The van der Waals surface area contributed by atoms with E-state index in [1.54, 1.807) is 0 Å². The maximum Gasteiger partial charge on any atom is 0.180 e. The smallest absolute Gasteiger partial charge is 0.180 e. The fraction of sp³-hybridized carbons (Fsp3) is 0.462. The van der Waals surface area contributed by atoms with Crippen molar-refractivity contribution in [2.24, 2.45) is 5.92 Å². The molecule has 0 aliphatic carbocycles. The predicted octanol–water partition coefficient (Wildman–Crippen LogP) is 2.59. The molecule has 1 aromatic rings. The highest BCUT2D eigenvalue weighted by Gasteiger charge is 2.25. The summed E-state index contributed by atoms with van der Waals surface area (Å²) in [5.74, 6) is -0.0462. The van der Waals surface area contributed by atoms with Crippen molar-refractivity contribution in [1.29, 1.82) is 0 Å². The number of nitrogens with zero attached hydrogens (tertiary/aromatic N) is 1. The van der Waals surface area contributed by atoms with Crippen LogP contribution in [0.4, 0.5) is 4.39 Å². The van der Waals surface area contributed by atoms with Gasteiger partial charge in [0.25, 0.3) is 0 Å². The van der Waals surface area contributed by atoms with Gasteiger partial charge in [-0.3, -0.25) is 9.69 Å². The lowest BCUT2D eigenvalue weighted by Crippen LogP contribution is -2.40. The predicted molar refractivity (Wildman–Crippen MR) is 63.0 cm³/mol. The zero-order valence-corrected chi connectivity index (χ0v) is 10.2. The Morgan fingerprint density at radius 1 is 1.19 bits per heavy atom. The number of hydrogen-bond acceptors (Lipinski definition) is 2. The lowest BCUT2D eigenvalue weighted by atomic mass is 9.94. The minimum absolute atomic E-state index is 0.0417. The molecule has 1 aromatic carbocycles. The summed E-state index contributed by atoms with van der Waals surface area (Å²) in [6.07, 6.45) is 0. The fourth-order valence-electron chi connectivity index (χ4n) is 1.92. The second kappa shape index (κ2) is 5.21. The van der Waals surface area contributed by atoms with Gasteiger partial charge in [-0.1, -0.05) is 13.8 Å². The first kappa shape index (κ1) is 12.8. The fourth-order valence-corrected chi connectivity index (χ4v) is 1.92. The van der Waals surface area contributed by atoms with Gasteiger partial charge in [-0.2, -0.15) is 0 Å². The van der Waals surface area contributed by atoms with Gasteiger partial charge in [-0.25, -0.2) is 4.39 Å². The van der Waals surface area contributed by atoms with Gasteiger partial charge in [0.05, 0.1) is 6.04 Å². The molecular weight excluding hydrogens is 205 g/mol. The summed E-state index contributed by atoms with van der Waals surface area (Å²) in [5.41, 5.74) is 0.564. The van der Waals surface area contributed by atoms with Crippen LogP contribution < -0.4 is 0 Å². The summed E-state index contributed by atoms with van der Waals surface area (Å²) in [5, 5.41) is 0. The van der Waals surface area contributed by atoms with E-state index in [4.69, 9.17) is 0 Å². The van der Waals surface area contributed by atoms with Crippen molar-refractivity contribution in [3.05, 3.63) is 35.6 Å². The van der Waals surface area contributed by atoms with Crippen LogP contribution in [0.3, 0.4) is 0 Å². The van der Waals surface area contributed by atoms with Gasteiger partial charge in [0.2, 0.25) is 0 Å². The van der Waals surface area contributed by atoms with Gasteiger partial charge >= 0.3 is 0 Å². The highest BCUT2D eigenvalue weighted by atomic mass is 19.1. The van der Waals surface area contributed by atoms with E-state index in [9.17, 15) is 9.18 Å². The van der Waals surface area contributed by atoms with E-state index in [2.05, 4.69) is 0 Å². The monoisotopic (exact) mass is 223 g/mol. The first-order valence-electron chi connectivity index (χ1n) is 5.39. The van der Waals surface area contributed by atoms with Gasteiger partial charge in [0.15, 0.2) is 5.78 Å². The average molecular weight is 223 g/mol. The summed E-state index contributed by atoms with van der Waals surface area (Å²) in [7, 11) is 3.76. The van der Waals surface area contributed by atoms with Crippen molar-refractivity contribution in [2.75, 3.05) is 14.1 Å². The molecule has 0 aliphatic rings. The molecule has 2 nitrogen and oxygen atoms in total. The summed E-state index contributed by atoms with van der Waals surface area (Å²) in [6, 6.07) is 5.55. The number of Topliss-reactive ketones (excluding diaryl/α,β-unsaturated/α-hetero) is 1. The van der Waals surface area contributed by atoms with Crippen LogP contribution in [-0.4, -0.2) is 30.8 Å². The number of halogens is 1. The molecule has 0 amide bonds. The van der Waals surface area contributed by atoms with Crippen molar-refractivity contribution >= 4 is 5.78 Å². The third-order valence-electron chi connectivity index (χ3n) is 2.59. The Bertz CT molecular complexity index is 349. The van der Waals surface area contributed by atoms with E-state index in [1.165, 1.54) is 24.3 Å². The lowest BCUT2D eigenvalue weighted by molar-refractivity contribution is 0.0827. The zero-order chi connectivity index (χ0) is 12.3. The molecule has 0 saturated heterocycles. The molecule has 88 valence electrons. The molecule has 0 radical (unpaired) electrons. The number of carbonyl (C=O) groups is 1. The highest BCUT2D eigenvalue weighted by molar-refractivity contribution is 6.00. The van der Waals surface area contributed by atoms with Crippen molar-refractivity contribution in [1.82, 2.24) is 4.90 Å². The molecule has 1 rings (SSSR count). The summed E-state index contributed by atoms with van der Waals surface area (Å²) in [6.45, 7) is 4.01. The Labute approximate surface area is 96.1 Å². The van der Waals surface area contributed by atoms with Crippen molar-refractivity contribution in [3.8, 4) is 0 Å². The molecule has 0 bridgehead atoms. The standard InChI is InChI=1S/C13H18FNO/c1-9(2)12(15(3)4)13(16)10-5-7-11(14)8-6-10/h5-9,12H,1-4H3. The third-order valence-corrected chi connectivity index (χ3v) is 2.59. The molecule has 0 saturated carbocycles. The molecule has 1 unspecified atom stereocenters. The Morgan fingerprint density at radius 3 is 2.06 bits per heavy atom. The first-order chi connectivity index (χ1) is 7.43. The molecule has 3 heteroatoms. The summed E-state index contributed by atoms with van der Waals surface area (Å²) >= 11 is 0. The zero-order valence-electron chi connectivity index (χ0n) is 10.2. The maximum atomic E-state index is 12.7. The van der Waals surface area contributed by atoms with Gasteiger partial charge in [0.1, 0.15) is 5.82 Å².